The monoisotopic (exact) mass is 454 g/mol. The minimum Gasteiger partial charge on any atom is -0.496 e. The number of hydrogen-bond acceptors (Lipinski definition) is 4. The van der Waals surface area contributed by atoms with Crippen molar-refractivity contribution in [2.24, 2.45) is 0 Å². The lowest BCUT2D eigenvalue weighted by Gasteiger charge is -2.26. The third kappa shape index (κ3) is 2.91. The minimum atomic E-state index is -0.934. The van der Waals surface area contributed by atoms with E-state index in [0.29, 0.717) is 21.0 Å². The highest BCUT2D eigenvalue weighted by Gasteiger charge is 2.50. The first-order valence-corrected chi connectivity index (χ1v) is 11.0. The summed E-state index contributed by atoms with van der Waals surface area (Å²) in [4.78, 5) is 28.3. The fourth-order valence-electron chi connectivity index (χ4n) is 4.38. The summed E-state index contributed by atoms with van der Waals surface area (Å²) in [5, 5.41) is 13.4. The van der Waals surface area contributed by atoms with Crippen molar-refractivity contribution in [2.75, 3.05) is 14.2 Å². The van der Waals surface area contributed by atoms with Gasteiger partial charge in [-0.05, 0) is 35.4 Å². The summed E-state index contributed by atoms with van der Waals surface area (Å²) in [6, 6.07) is 11.5. The maximum absolute atomic E-state index is 12.5. The Morgan fingerprint density at radius 1 is 1.26 bits per heavy atom. The second-order valence-corrected chi connectivity index (χ2v) is 9.08. The molecule has 1 aliphatic carbocycles. The Morgan fingerprint density at radius 3 is 2.58 bits per heavy atom. The van der Waals surface area contributed by atoms with E-state index in [0.717, 1.165) is 40.3 Å². The average molecular weight is 455 g/mol. The van der Waals surface area contributed by atoms with Gasteiger partial charge in [-0.3, -0.25) is 4.79 Å². The van der Waals surface area contributed by atoms with Crippen molar-refractivity contribution in [3.05, 3.63) is 62.7 Å². The van der Waals surface area contributed by atoms with E-state index < -0.39 is 11.6 Å². The number of hydrogen-bond donors (Lipinski definition) is 2. The number of thiophene rings is 1. The molecule has 1 fully saturated rings. The molecular formula is C23H19ClN2O4S. The molecule has 0 atom stereocenters. The van der Waals surface area contributed by atoms with Crippen molar-refractivity contribution in [2.45, 2.75) is 18.4 Å². The van der Waals surface area contributed by atoms with E-state index in [2.05, 4.69) is 4.98 Å². The standard InChI is InChI=1S/C23H19ClN2O4S/c1-26(22(28)29)23(8-9-23)13-5-3-12(4-6-13)17-16(30-2)11-15(24)19-18(17)14-7-10-31-20(14)21(27)25-19/h3-7,10-11H,8-9H2,1-2H3,(H,25,27)(H,28,29). The molecule has 4 aromatic rings. The predicted molar refractivity (Wildman–Crippen MR) is 124 cm³/mol. The van der Waals surface area contributed by atoms with E-state index in [9.17, 15) is 14.7 Å². The topological polar surface area (TPSA) is 82.6 Å². The SMILES string of the molecule is COc1cc(Cl)c2[nH]c(=O)c3sccc3c2c1-c1ccc(C2(N(C)C(=O)O)CC2)cc1. The van der Waals surface area contributed by atoms with Crippen LogP contribution in [0.1, 0.15) is 18.4 Å². The van der Waals surface area contributed by atoms with Crippen LogP contribution in [-0.4, -0.2) is 35.2 Å². The Balaban J connectivity index is 1.74. The Bertz CT molecular complexity index is 1400. The maximum atomic E-state index is 12.5. The third-order valence-electron chi connectivity index (χ3n) is 6.21. The molecule has 0 spiro atoms. The summed E-state index contributed by atoms with van der Waals surface area (Å²) < 4.78 is 6.30. The number of nitrogens with one attached hydrogen (secondary N) is 1. The van der Waals surface area contributed by atoms with Crippen LogP contribution in [0.5, 0.6) is 5.75 Å². The normalized spacial score (nSPS) is 14.7. The number of ether oxygens (including phenoxy) is 1. The quantitative estimate of drug-likeness (QED) is 0.416. The Hall–Kier alpha value is -3.03. The lowest BCUT2D eigenvalue weighted by atomic mass is 9.94. The number of methoxy groups -OCH3 is 1. The van der Waals surface area contributed by atoms with Crippen molar-refractivity contribution < 1.29 is 14.6 Å². The second-order valence-electron chi connectivity index (χ2n) is 7.75. The smallest absolute Gasteiger partial charge is 0.407 e. The van der Waals surface area contributed by atoms with Crippen molar-refractivity contribution in [3.8, 4) is 16.9 Å². The predicted octanol–water partition coefficient (Wildman–Crippen LogP) is 5.67. The molecule has 2 heterocycles. The Morgan fingerprint density at radius 2 is 1.97 bits per heavy atom. The highest BCUT2D eigenvalue weighted by atomic mass is 35.5. The van der Waals surface area contributed by atoms with Gasteiger partial charge in [0.05, 0.1) is 23.2 Å². The van der Waals surface area contributed by atoms with Crippen LogP contribution in [0.2, 0.25) is 5.02 Å². The van der Waals surface area contributed by atoms with E-state index in [1.54, 1.807) is 20.2 Å². The van der Waals surface area contributed by atoms with Gasteiger partial charge in [-0.25, -0.2) is 4.79 Å². The zero-order valence-corrected chi connectivity index (χ0v) is 18.4. The zero-order chi connectivity index (χ0) is 21.9. The first-order chi connectivity index (χ1) is 14.9. The molecule has 1 amide bonds. The third-order valence-corrected chi connectivity index (χ3v) is 7.42. The number of H-pyrrole nitrogens is 1. The second kappa shape index (κ2) is 7.00. The maximum Gasteiger partial charge on any atom is 0.407 e. The molecule has 1 aliphatic rings. The molecule has 1 saturated carbocycles. The largest absolute Gasteiger partial charge is 0.496 e. The fraction of sp³-hybridized carbons (Fsp3) is 0.217. The van der Waals surface area contributed by atoms with Gasteiger partial charge in [0.1, 0.15) is 10.4 Å². The Labute approximate surface area is 186 Å². The van der Waals surface area contributed by atoms with Gasteiger partial charge < -0.3 is 19.7 Å². The first-order valence-electron chi connectivity index (χ1n) is 9.75. The lowest BCUT2D eigenvalue weighted by molar-refractivity contribution is 0.132. The number of halogens is 1. The molecule has 6 nitrogen and oxygen atoms in total. The highest BCUT2D eigenvalue weighted by molar-refractivity contribution is 7.17. The molecule has 0 radical (unpaired) electrons. The number of carboxylic acid groups (broad SMARTS) is 1. The van der Waals surface area contributed by atoms with Gasteiger partial charge in [0.2, 0.25) is 0 Å². The van der Waals surface area contributed by atoms with Crippen LogP contribution in [0.15, 0.2) is 46.6 Å². The van der Waals surface area contributed by atoms with Gasteiger partial charge in [-0.15, -0.1) is 11.3 Å². The van der Waals surface area contributed by atoms with Gasteiger partial charge in [-0.2, -0.15) is 0 Å². The summed E-state index contributed by atoms with van der Waals surface area (Å²) in [6.45, 7) is 0. The van der Waals surface area contributed by atoms with Crippen LogP contribution in [0.3, 0.4) is 0 Å². The number of aromatic amines is 1. The molecule has 0 saturated heterocycles. The van der Waals surface area contributed by atoms with Gasteiger partial charge in [0.15, 0.2) is 0 Å². The van der Waals surface area contributed by atoms with Crippen molar-refractivity contribution in [1.29, 1.82) is 0 Å². The van der Waals surface area contributed by atoms with Crippen LogP contribution in [0, 0.1) is 0 Å². The summed E-state index contributed by atoms with van der Waals surface area (Å²) in [7, 11) is 3.20. The Kier molecular flexibility index (Phi) is 4.50. The number of nitrogens with zero attached hydrogens (tertiary/aromatic N) is 1. The number of amides is 1. The first kappa shape index (κ1) is 19.9. The molecule has 2 N–H and O–H groups in total. The number of carbonyl (C=O) groups is 1. The van der Waals surface area contributed by atoms with E-state index in [-0.39, 0.29) is 5.56 Å². The molecule has 0 bridgehead atoms. The molecule has 2 aromatic carbocycles. The van der Waals surface area contributed by atoms with Gasteiger partial charge in [0.25, 0.3) is 5.56 Å². The molecule has 31 heavy (non-hydrogen) atoms. The van der Waals surface area contributed by atoms with Crippen LogP contribution in [0.25, 0.3) is 32.1 Å². The number of fused-ring (bicyclic) bond motifs is 3. The number of benzene rings is 2. The van der Waals surface area contributed by atoms with E-state index in [1.807, 2.05) is 35.7 Å². The van der Waals surface area contributed by atoms with Crippen LogP contribution < -0.4 is 10.3 Å². The summed E-state index contributed by atoms with van der Waals surface area (Å²) in [5.74, 6) is 0.605. The minimum absolute atomic E-state index is 0.168. The summed E-state index contributed by atoms with van der Waals surface area (Å²) >= 11 is 7.87. The lowest BCUT2D eigenvalue weighted by Crippen LogP contribution is -2.35. The van der Waals surface area contributed by atoms with Crippen LogP contribution in [0.4, 0.5) is 4.79 Å². The molecule has 158 valence electrons. The number of rotatable bonds is 4. The average Bonchev–Trinajstić information content (AvgIpc) is 3.42. The van der Waals surface area contributed by atoms with Crippen molar-refractivity contribution in [3.63, 3.8) is 0 Å². The molecule has 5 rings (SSSR count). The molecule has 8 heteroatoms. The molecular weight excluding hydrogens is 436 g/mol. The fourth-order valence-corrected chi connectivity index (χ4v) is 5.42. The highest BCUT2D eigenvalue weighted by Crippen LogP contribution is 2.51. The molecule has 2 aromatic heterocycles. The summed E-state index contributed by atoms with van der Waals surface area (Å²) in [5.41, 5.74) is 2.65. The summed E-state index contributed by atoms with van der Waals surface area (Å²) in [6.07, 6.45) is 0.675. The van der Waals surface area contributed by atoms with Crippen molar-refractivity contribution in [1.82, 2.24) is 9.88 Å². The number of aromatic nitrogens is 1. The zero-order valence-electron chi connectivity index (χ0n) is 16.9. The van der Waals surface area contributed by atoms with Gasteiger partial charge in [0, 0.05) is 29.4 Å². The van der Waals surface area contributed by atoms with E-state index >= 15 is 0 Å². The van der Waals surface area contributed by atoms with Gasteiger partial charge >= 0.3 is 6.09 Å². The van der Waals surface area contributed by atoms with E-state index in [4.69, 9.17) is 16.3 Å². The number of pyridine rings is 1. The van der Waals surface area contributed by atoms with Crippen molar-refractivity contribution >= 4 is 50.0 Å². The van der Waals surface area contributed by atoms with E-state index in [1.165, 1.54) is 16.2 Å². The van der Waals surface area contributed by atoms with Gasteiger partial charge in [-0.1, -0.05) is 35.9 Å². The van der Waals surface area contributed by atoms with Crippen LogP contribution in [-0.2, 0) is 5.54 Å². The molecule has 0 unspecified atom stereocenters. The molecule has 0 aliphatic heterocycles. The van der Waals surface area contributed by atoms with Crippen LogP contribution >= 0.6 is 22.9 Å².